The molecule has 1 aromatic heterocycles. The molecule has 21 heavy (non-hydrogen) atoms. The Bertz CT molecular complexity index is 515. The zero-order valence-electron chi connectivity index (χ0n) is 12.7. The Balaban J connectivity index is 2.03. The van der Waals surface area contributed by atoms with E-state index in [0.717, 1.165) is 5.56 Å². The van der Waals surface area contributed by atoms with Crippen LogP contribution in [-0.2, 0) is 11.3 Å². The molecule has 2 heterocycles. The van der Waals surface area contributed by atoms with Gasteiger partial charge in [-0.2, -0.15) is 11.3 Å². The summed E-state index contributed by atoms with van der Waals surface area (Å²) in [7, 11) is 1.76. The van der Waals surface area contributed by atoms with Crippen LogP contribution in [0, 0.1) is 11.3 Å². The monoisotopic (exact) mass is 310 g/mol. The Hall–Kier alpha value is -1.56. The van der Waals surface area contributed by atoms with Crippen molar-refractivity contribution < 1.29 is 14.7 Å². The minimum Gasteiger partial charge on any atom is -0.481 e. The van der Waals surface area contributed by atoms with Crippen LogP contribution in [0.3, 0.4) is 0 Å². The van der Waals surface area contributed by atoms with E-state index in [9.17, 15) is 14.7 Å². The number of rotatable bonds is 4. The average molecular weight is 310 g/mol. The van der Waals surface area contributed by atoms with Crippen molar-refractivity contribution in [3.63, 3.8) is 0 Å². The minimum atomic E-state index is -0.807. The lowest BCUT2D eigenvalue weighted by molar-refractivity contribution is -0.150. The smallest absolute Gasteiger partial charge is 0.320 e. The van der Waals surface area contributed by atoms with Gasteiger partial charge in [0.15, 0.2) is 0 Å². The number of thiophene rings is 1. The van der Waals surface area contributed by atoms with Gasteiger partial charge in [-0.05, 0) is 34.7 Å². The zero-order valence-corrected chi connectivity index (χ0v) is 13.5. The second kappa shape index (κ2) is 6.05. The number of carbonyl (C=O) groups is 2. The van der Waals surface area contributed by atoms with E-state index in [1.165, 1.54) is 0 Å². The summed E-state index contributed by atoms with van der Waals surface area (Å²) in [6, 6.07) is 1.90. The molecule has 0 bridgehead atoms. The first-order valence-corrected chi connectivity index (χ1v) is 8.05. The van der Waals surface area contributed by atoms with Gasteiger partial charge < -0.3 is 14.9 Å². The minimum absolute atomic E-state index is 0.00924. The number of amides is 2. The molecule has 116 valence electrons. The Morgan fingerprint density at radius 3 is 2.71 bits per heavy atom. The van der Waals surface area contributed by atoms with Crippen molar-refractivity contribution in [3.8, 4) is 0 Å². The Morgan fingerprint density at radius 1 is 1.52 bits per heavy atom. The van der Waals surface area contributed by atoms with Crippen molar-refractivity contribution in [2.24, 2.45) is 11.3 Å². The number of hydrogen-bond acceptors (Lipinski definition) is 3. The molecule has 1 N–H and O–H groups in total. The quantitative estimate of drug-likeness (QED) is 0.930. The van der Waals surface area contributed by atoms with Crippen LogP contribution in [-0.4, -0.2) is 47.0 Å². The van der Waals surface area contributed by atoms with Gasteiger partial charge in [0.25, 0.3) is 0 Å². The lowest BCUT2D eigenvalue weighted by Gasteiger charge is -2.30. The van der Waals surface area contributed by atoms with Crippen LogP contribution < -0.4 is 0 Å². The van der Waals surface area contributed by atoms with Crippen LogP contribution in [0.15, 0.2) is 16.8 Å². The van der Waals surface area contributed by atoms with Crippen molar-refractivity contribution in [2.75, 3.05) is 20.1 Å². The van der Waals surface area contributed by atoms with Crippen molar-refractivity contribution in [1.29, 1.82) is 0 Å². The number of carboxylic acids is 1. The van der Waals surface area contributed by atoms with Gasteiger partial charge in [0.05, 0.1) is 5.41 Å². The van der Waals surface area contributed by atoms with Gasteiger partial charge >= 0.3 is 12.0 Å². The number of aliphatic carboxylic acids is 1. The lowest BCUT2D eigenvalue weighted by Crippen LogP contribution is -2.44. The SMILES string of the molecule is CC(C)C1(C(=O)O)CCN(C(=O)N(C)Cc2ccsc2)C1. The molecule has 0 aliphatic carbocycles. The number of nitrogens with zero attached hydrogens (tertiary/aromatic N) is 2. The van der Waals surface area contributed by atoms with Gasteiger partial charge in [-0.1, -0.05) is 13.8 Å². The number of likely N-dealkylation sites (tertiary alicyclic amines) is 1. The van der Waals surface area contributed by atoms with Gasteiger partial charge in [-0.15, -0.1) is 0 Å². The van der Waals surface area contributed by atoms with Gasteiger partial charge in [0, 0.05) is 26.7 Å². The number of hydrogen-bond donors (Lipinski definition) is 1. The highest BCUT2D eigenvalue weighted by molar-refractivity contribution is 7.07. The predicted octanol–water partition coefficient (Wildman–Crippen LogP) is 2.73. The largest absolute Gasteiger partial charge is 0.481 e. The second-order valence-electron chi connectivity index (χ2n) is 6.06. The van der Waals surface area contributed by atoms with E-state index in [2.05, 4.69) is 0 Å². The van der Waals surface area contributed by atoms with Crippen LogP contribution in [0.4, 0.5) is 4.79 Å². The predicted molar refractivity (Wildman–Crippen MR) is 82.3 cm³/mol. The molecule has 2 rings (SSSR count). The summed E-state index contributed by atoms with van der Waals surface area (Å²) in [4.78, 5) is 27.4. The Morgan fingerprint density at radius 2 is 2.24 bits per heavy atom. The molecule has 0 saturated carbocycles. The van der Waals surface area contributed by atoms with E-state index in [1.807, 2.05) is 30.7 Å². The Labute approximate surface area is 129 Å². The highest BCUT2D eigenvalue weighted by Crippen LogP contribution is 2.38. The van der Waals surface area contributed by atoms with E-state index < -0.39 is 11.4 Å². The van der Waals surface area contributed by atoms with Crippen molar-refractivity contribution >= 4 is 23.3 Å². The first-order chi connectivity index (χ1) is 9.86. The molecular formula is C15H22N2O3S. The molecule has 1 saturated heterocycles. The normalized spacial score (nSPS) is 21.8. The molecule has 1 unspecified atom stereocenters. The number of carbonyl (C=O) groups excluding carboxylic acids is 1. The number of carboxylic acid groups (broad SMARTS) is 1. The molecular weight excluding hydrogens is 288 g/mol. The summed E-state index contributed by atoms with van der Waals surface area (Å²) in [6.45, 7) is 5.19. The summed E-state index contributed by atoms with van der Waals surface area (Å²) < 4.78 is 0. The fourth-order valence-corrected chi connectivity index (χ4v) is 3.51. The van der Waals surface area contributed by atoms with E-state index in [1.54, 1.807) is 28.2 Å². The second-order valence-corrected chi connectivity index (χ2v) is 6.84. The van der Waals surface area contributed by atoms with Crippen LogP contribution in [0.1, 0.15) is 25.8 Å². The van der Waals surface area contributed by atoms with Gasteiger partial charge in [0.2, 0.25) is 0 Å². The molecule has 1 fully saturated rings. The first kappa shape index (κ1) is 15.8. The average Bonchev–Trinajstić information content (AvgIpc) is 3.06. The maximum absolute atomic E-state index is 12.5. The first-order valence-electron chi connectivity index (χ1n) is 7.11. The maximum Gasteiger partial charge on any atom is 0.320 e. The van der Waals surface area contributed by atoms with Gasteiger partial charge in [-0.25, -0.2) is 4.79 Å². The van der Waals surface area contributed by atoms with Gasteiger partial charge in [-0.3, -0.25) is 4.79 Å². The fourth-order valence-electron chi connectivity index (χ4n) is 2.85. The molecule has 1 aromatic rings. The van der Waals surface area contributed by atoms with Crippen molar-refractivity contribution in [1.82, 2.24) is 9.80 Å². The van der Waals surface area contributed by atoms with Crippen LogP contribution >= 0.6 is 11.3 Å². The standard InChI is InChI=1S/C15H22N2O3S/c1-11(2)15(13(18)19)5-6-17(10-15)14(20)16(3)8-12-4-7-21-9-12/h4,7,9,11H,5-6,8,10H2,1-3H3,(H,18,19). The lowest BCUT2D eigenvalue weighted by atomic mass is 9.76. The molecule has 2 amide bonds. The van der Waals surface area contributed by atoms with E-state index in [-0.39, 0.29) is 11.9 Å². The summed E-state index contributed by atoms with van der Waals surface area (Å²) in [5, 5.41) is 13.5. The molecule has 6 heteroatoms. The maximum atomic E-state index is 12.5. The van der Waals surface area contributed by atoms with Crippen molar-refractivity contribution in [3.05, 3.63) is 22.4 Å². The van der Waals surface area contributed by atoms with Gasteiger partial charge in [0.1, 0.15) is 0 Å². The molecule has 0 spiro atoms. The zero-order chi connectivity index (χ0) is 15.6. The molecule has 1 aliphatic heterocycles. The fraction of sp³-hybridized carbons (Fsp3) is 0.600. The van der Waals surface area contributed by atoms with Crippen LogP contribution in [0.2, 0.25) is 0 Å². The van der Waals surface area contributed by atoms with E-state index >= 15 is 0 Å². The van der Waals surface area contributed by atoms with E-state index in [4.69, 9.17) is 0 Å². The van der Waals surface area contributed by atoms with E-state index in [0.29, 0.717) is 26.1 Å². The highest BCUT2D eigenvalue weighted by atomic mass is 32.1. The third-order valence-corrected chi connectivity index (χ3v) is 5.16. The molecule has 0 radical (unpaired) electrons. The third-order valence-electron chi connectivity index (χ3n) is 4.43. The molecule has 0 aromatic carbocycles. The Kier molecular flexibility index (Phi) is 4.56. The van der Waals surface area contributed by atoms with Crippen LogP contribution in [0.5, 0.6) is 0 Å². The van der Waals surface area contributed by atoms with Crippen molar-refractivity contribution in [2.45, 2.75) is 26.8 Å². The third kappa shape index (κ3) is 3.05. The molecule has 5 nitrogen and oxygen atoms in total. The molecule has 1 atom stereocenters. The summed E-state index contributed by atoms with van der Waals surface area (Å²) >= 11 is 1.60. The molecule has 1 aliphatic rings. The summed E-state index contributed by atoms with van der Waals surface area (Å²) in [5.74, 6) is -0.789. The summed E-state index contributed by atoms with van der Waals surface area (Å²) in [5.41, 5.74) is 0.294. The summed E-state index contributed by atoms with van der Waals surface area (Å²) in [6.07, 6.45) is 0.526. The highest BCUT2D eigenvalue weighted by Gasteiger charge is 2.48. The topological polar surface area (TPSA) is 60.9 Å². The van der Waals surface area contributed by atoms with Crippen LogP contribution in [0.25, 0.3) is 0 Å². The number of urea groups is 1.